The molecule has 0 fully saturated rings. The molecule has 0 unspecified atom stereocenters. The Morgan fingerprint density at radius 3 is 2.38 bits per heavy atom. The number of carbonyl (C=O) groups excluding carboxylic acids is 1. The first-order valence-electron chi connectivity index (χ1n) is 10.5. The van der Waals surface area contributed by atoms with Crippen LogP contribution in [0.3, 0.4) is 0 Å². The molecule has 0 spiro atoms. The molecule has 0 saturated heterocycles. The van der Waals surface area contributed by atoms with Crippen molar-refractivity contribution in [1.82, 2.24) is 4.90 Å². The van der Waals surface area contributed by atoms with Gasteiger partial charge in [0.15, 0.2) is 7.28 Å². The quantitative estimate of drug-likeness (QED) is 0.519. The van der Waals surface area contributed by atoms with Crippen LogP contribution in [0.4, 0.5) is 4.79 Å². The molecule has 7 heteroatoms. The lowest BCUT2D eigenvalue weighted by Crippen LogP contribution is -2.30. The zero-order valence-electron chi connectivity index (χ0n) is 18.3. The van der Waals surface area contributed by atoms with Gasteiger partial charge in [-0.05, 0) is 29.3 Å². The molecule has 1 amide bonds. The standard InChI is InChI=1S/C25H26BNO5/c1-26-21-11-12-23(32-22-10-6-9-19(13-22)14-24(28)29)20(15-21)17-27(25(30)31-2)16-18-7-4-3-5-8-18/h3-13,15,26H,14,16-17H2,1-2H3,(H,28,29). The fraction of sp³-hybridized carbons (Fsp3) is 0.200. The molecule has 32 heavy (non-hydrogen) atoms. The zero-order chi connectivity index (χ0) is 22.9. The van der Waals surface area contributed by atoms with Gasteiger partial charge in [-0.15, -0.1) is 0 Å². The summed E-state index contributed by atoms with van der Waals surface area (Å²) in [4.78, 5) is 25.2. The van der Waals surface area contributed by atoms with E-state index in [0.29, 0.717) is 30.2 Å². The Balaban J connectivity index is 1.89. The second kappa shape index (κ2) is 11.0. The van der Waals surface area contributed by atoms with Crippen molar-refractivity contribution in [2.24, 2.45) is 0 Å². The number of carboxylic acid groups (broad SMARTS) is 1. The van der Waals surface area contributed by atoms with Crippen molar-refractivity contribution < 1.29 is 24.2 Å². The van der Waals surface area contributed by atoms with E-state index in [-0.39, 0.29) is 6.42 Å². The van der Waals surface area contributed by atoms with E-state index in [1.807, 2.05) is 48.5 Å². The van der Waals surface area contributed by atoms with Crippen LogP contribution in [0.25, 0.3) is 0 Å². The summed E-state index contributed by atoms with van der Waals surface area (Å²) in [5, 5.41) is 9.05. The molecule has 0 aromatic heterocycles. The largest absolute Gasteiger partial charge is 0.481 e. The van der Waals surface area contributed by atoms with Gasteiger partial charge in [0.25, 0.3) is 0 Å². The number of ether oxygens (including phenoxy) is 2. The van der Waals surface area contributed by atoms with Crippen LogP contribution in [-0.4, -0.2) is 36.5 Å². The van der Waals surface area contributed by atoms with Crippen molar-refractivity contribution in [3.63, 3.8) is 0 Å². The van der Waals surface area contributed by atoms with E-state index in [4.69, 9.17) is 14.6 Å². The van der Waals surface area contributed by atoms with E-state index in [2.05, 4.69) is 6.82 Å². The summed E-state index contributed by atoms with van der Waals surface area (Å²) in [6, 6.07) is 22.6. The summed E-state index contributed by atoms with van der Waals surface area (Å²) in [6.07, 6.45) is -0.503. The predicted molar refractivity (Wildman–Crippen MR) is 125 cm³/mol. The number of amides is 1. The van der Waals surface area contributed by atoms with Gasteiger partial charge in [0, 0.05) is 12.1 Å². The second-order valence-corrected chi connectivity index (χ2v) is 7.43. The monoisotopic (exact) mass is 431 g/mol. The highest BCUT2D eigenvalue weighted by Gasteiger charge is 2.18. The number of methoxy groups -OCH3 is 1. The van der Waals surface area contributed by atoms with Gasteiger partial charge in [0.05, 0.1) is 20.1 Å². The molecule has 0 bridgehead atoms. The maximum Gasteiger partial charge on any atom is 0.410 e. The molecule has 3 rings (SSSR count). The number of benzene rings is 3. The Kier molecular flexibility index (Phi) is 7.92. The minimum absolute atomic E-state index is 0.0774. The van der Waals surface area contributed by atoms with Crippen LogP contribution in [0.15, 0.2) is 72.8 Å². The molecular weight excluding hydrogens is 405 g/mol. The minimum Gasteiger partial charge on any atom is -0.481 e. The lowest BCUT2D eigenvalue weighted by molar-refractivity contribution is -0.136. The van der Waals surface area contributed by atoms with Gasteiger partial charge >= 0.3 is 12.1 Å². The van der Waals surface area contributed by atoms with E-state index in [1.54, 1.807) is 29.2 Å². The normalized spacial score (nSPS) is 10.3. The van der Waals surface area contributed by atoms with Crippen LogP contribution in [0.5, 0.6) is 11.5 Å². The maximum absolute atomic E-state index is 12.5. The third-order valence-corrected chi connectivity index (χ3v) is 5.03. The lowest BCUT2D eigenvalue weighted by Gasteiger charge is -2.23. The van der Waals surface area contributed by atoms with Crippen LogP contribution in [-0.2, 0) is 29.0 Å². The SMILES string of the molecule is CBc1ccc(Oc2cccc(CC(=O)O)c2)c(CN(Cc2ccccc2)C(=O)OC)c1. The van der Waals surface area contributed by atoms with Crippen molar-refractivity contribution in [2.75, 3.05) is 7.11 Å². The smallest absolute Gasteiger partial charge is 0.410 e. The third-order valence-electron chi connectivity index (χ3n) is 5.03. The molecule has 1 N–H and O–H groups in total. The number of carbonyl (C=O) groups is 2. The third kappa shape index (κ3) is 6.38. The van der Waals surface area contributed by atoms with E-state index < -0.39 is 12.1 Å². The Morgan fingerprint density at radius 1 is 0.938 bits per heavy atom. The fourth-order valence-corrected chi connectivity index (χ4v) is 3.42. The molecular formula is C25H26BNO5. The average Bonchev–Trinajstić information content (AvgIpc) is 2.79. The summed E-state index contributed by atoms with van der Waals surface area (Å²) in [5.41, 5.74) is 3.61. The van der Waals surface area contributed by atoms with Crippen molar-refractivity contribution in [1.29, 1.82) is 0 Å². The predicted octanol–water partition coefficient (Wildman–Crippen LogP) is 3.98. The first-order valence-corrected chi connectivity index (χ1v) is 10.5. The number of nitrogens with zero attached hydrogens (tertiary/aromatic N) is 1. The number of rotatable bonds is 9. The highest BCUT2D eigenvalue weighted by molar-refractivity contribution is 6.51. The summed E-state index contributed by atoms with van der Waals surface area (Å²) >= 11 is 0. The molecule has 164 valence electrons. The highest BCUT2D eigenvalue weighted by Crippen LogP contribution is 2.27. The summed E-state index contributed by atoms with van der Waals surface area (Å²) in [5.74, 6) is 0.253. The van der Waals surface area contributed by atoms with Gasteiger partial charge in [-0.1, -0.05) is 66.9 Å². The van der Waals surface area contributed by atoms with Crippen LogP contribution >= 0.6 is 0 Å². The van der Waals surface area contributed by atoms with Gasteiger partial charge in [-0.2, -0.15) is 0 Å². The van der Waals surface area contributed by atoms with Gasteiger partial charge in [0.1, 0.15) is 11.5 Å². The van der Waals surface area contributed by atoms with E-state index in [9.17, 15) is 9.59 Å². The van der Waals surface area contributed by atoms with Crippen LogP contribution in [0, 0.1) is 0 Å². The number of hydrogen-bond donors (Lipinski definition) is 1. The molecule has 3 aromatic rings. The second-order valence-electron chi connectivity index (χ2n) is 7.43. The van der Waals surface area contributed by atoms with Crippen molar-refractivity contribution in [3.05, 3.63) is 89.5 Å². The summed E-state index contributed by atoms with van der Waals surface area (Å²) < 4.78 is 11.1. The lowest BCUT2D eigenvalue weighted by atomic mass is 9.73. The van der Waals surface area contributed by atoms with Crippen molar-refractivity contribution in [2.45, 2.75) is 26.3 Å². The van der Waals surface area contributed by atoms with Crippen molar-refractivity contribution in [3.8, 4) is 11.5 Å². The number of hydrogen-bond acceptors (Lipinski definition) is 4. The fourth-order valence-electron chi connectivity index (χ4n) is 3.42. The van der Waals surface area contributed by atoms with Crippen molar-refractivity contribution >= 4 is 24.8 Å². The maximum atomic E-state index is 12.5. The molecule has 0 heterocycles. The van der Waals surface area contributed by atoms with E-state index in [1.165, 1.54) is 7.11 Å². The highest BCUT2D eigenvalue weighted by atomic mass is 16.5. The van der Waals surface area contributed by atoms with Gasteiger partial charge in [-0.3, -0.25) is 9.69 Å². The zero-order valence-corrected chi connectivity index (χ0v) is 18.3. The summed E-state index contributed by atoms with van der Waals surface area (Å²) in [7, 11) is 2.21. The summed E-state index contributed by atoms with van der Waals surface area (Å²) in [6.45, 7) is 2.77. The number of carboxylic acids is 1. The number of aliphatic carboxylic acids is 1. The topological polar surface area (TPSA) is 76.1 Å². The van der Waals surface area contributed by atoms with Gasteiger partial charge in [-0.25, -0.2) is 4.79 Å². The molecule has 6 nitrogen and oxygen atoms in total. The molecule has 0 radical (unpaired) electrons. The first kappa shape index (κ1) is 22.9. The van der Waals surface area contributed by atoms with E-state index in [0.717, 1.165) is 23.9 Å². The average molecular weight is 431 g/mol. The Bertz CT molecular complexity index is 1070. The molecule has 0 aliphatic carbocycles. The van der Waals surface area contributed by atoms with E-state index >= 15 is 0 Å². The minimum atomic E-state index is -0.898. The molecule has 0 aliphatic rings. The Labute approximate surface area is 188 Å². The first-order chi connectivity index (χ1) is 15.5. The Morgan fingerprint density at radius 2 is 1.69 bits per heavy atom. The Hall–Kier alpha value is -3.74. The van der Waals surface area contributed by atoms with Gasteiger partial charge < -0.3 is 14.6 Å². The van der Waals surface area contributed by atoms with Crippen LogP contribution in [0.2, 0.25) is 6.82 Å². The van der Waals surface area contributed by atoms with Crippen LogP contribution in [0.1, 0.15) is 16.7 Å². The molecule has 3 aromatic carbocycles. The molecule has 0 saturated carbocycles. The molecule has 0 atom stereocenters. The molecule has 0 aliphatic heterocycles. The van der Waals surface area contributed by atoms with Gasteiger partial charge in [0.2, 0.25) is 0 Å². The van der Waals surface area contributed by atoms with Crippen LogP contribution < -0.4 is 10.2 Å².